The second-order valence-electron chi connectivity index (χ2n) is 8.57. The summed E-state index contributed by atoms with van der Waals surface area (Å²) in [5.41, 5.74) is -0.592. The molecule has 0 saturated carbocycles. The van der Waals surface area contributed by atoms with Crippen LogP contribution in [0.5, 0.6) is 0 Å². The van der Waals surface area contributed by atoms with Crippen LogP contribution in [0.4, 0.5) is 32.6 Å². The van der Waals surface area contributed by atoms with Crippen LogP contribution in [0, 0.1) is 17.5 Å². The van der Waals surface area contributed by atoms with Gasteiger partial charge in [0.2, 0.25) is 10.0 Å². The molecule has 2 atom stereocenters. The predicted octanol–water partition coefficient (Wildman–Crippen LogP) is 3.87. The van der Waals surface area contributed by atoms with Crippen molar-refractivity contribution in [3.05, 3.63) is 47.8 Å². The molecule has 2 aliphatic rings. The Bertz CT molecular complexity index is 1460. The summed E-state index contributed by atoms with van der Waals surface area (Å²) in [5.74, 6) is -7.60. The van der Waals surface area contributed by atoms with Gasteiger partial charge in [-0.15, -0.1) is 0 Å². The summed E-state index contributed by atoms with van der Waals surface area (Å²) >= 11 is 0. The molecule has 2 amide bonds. The second kappa shape index (κ2) is 8.40. The highest BCUT2D eigenvalue weighted by molar-refractivity contribution is 7.89. The topological polar surface area (TPSA) is 95.8 Å². The maximum Gasteiger partial charge on any atom is 0.326 e. The molecule has 36 heavy (non-hydrogen) atoms. The summed E-state index contributed by atoms with van der Waals surface area (Å²) in [7, 11) is -3.97. The van der Waals surface area contributed by atoms with E-state index in [0.717, 1.165) is 9.80 Å². The zero-order valence-corrected chi connectivity index (χ0v) is 19.5. The molecular formula is C22H19F5N4O4S. The van der Waals surface area contributed by atoms with Gasteiger partial charge in [0, 0.05) is 30.8 Å². The first-order valence-corrected chi connectivity index (χ1v) is 12.6. The Morgan fingerprint density at radius 2 is 1.89 bits per heavy atom. The van der Waals surface area contributed by atoms with Crippen LogP contribution in [-0.2, 0) is 10.0 Å². The predicted molar refractivity (Wildman–Crippen MR) is 119 cm³/mol. The first kappa shape index (κ1) is 24.4. The van der Waals surface area contributed by atoms with Crippen LogP contribution in [0.2, 0.25) is 0 Å². The van der Waals surface area contributed by atoms with Crippen LogP contribution in [0.1, 0.15) is 13.3 Å². The Kier molecular flexibility index (Phi) is 5.70. The second-order valence-corrected chi connectivity index (χ2v) is 10.6. The molecular weight excluding hydrogens is 511 g/mol. The molecule has 0 aliphatic carbocycles. The summed E-state index contributed by atoms with van der Waals surface area (Å²) in [5, 5.41) is 3.89. The number of nitrogens with one attached hydrogen (secondary N) is 1. The van der Waals surface area contributed by atoms with Gasteiger partial charge in [-0.3, -0.25) is 4.90 Å². The van der Waals surface area contributed by atoms with Crippen LogP contribution in [0.25, 0.3) is 22.1 Å². The number of aromatic nitrogens is 1. The molecule has 0 unspecified atom stereocenters. The first-order valence-electron chi connectivity index (χ1n) is 10.9. The van der Waals surface area contributed by atoms with E-state index in [1.165, 1.54) is 25.1 Å². The number of benzene rings is 2. The number of carbonyl (C=O) groups excluding carboxylic acids is 1. The van der Waals surface area contributed by atoms with Crippen molar-refractivity contribution in [2.24, 2.45) is 0 Å². The summed E-state index contributed by atoms with van der Waals surface area (Å²) in [6, 6.07) is 0.933. The third kappa shape index (κ3) is 3.79. The zero-order valence-electron chi connectivity index (χ0n) is 18.6. The minimum atomic E-state index is -3.97. The molecule has 2 aromatic carbocycles. The van der Waals surface area contributed by atoms with Gasteiger partial charge in [-0.2, -0.15) is 0 Å². The number of urea groups is 1. The number of amides is 2. The van der Waals surface area contributed by atoms with Crippen molar-refractivity contribution in [3.8, 4) is 11.1 Å². The van der Waals surface area contributed by atoms with Crippen molar-refractivity contribution in [2.75, 3.05) is 23.7 Å². The molecule has 1 N–H and O–H groups in total. The molecule has 2 fully saturated rings. The number of sulfonamides is 1. The van der Waals surface area contributed by atoms with Crippen LogP contribution < -0.4 is 9.62 Å². The number of anilines is 1. The molecule has 14 heteroatoms. The van der Waals surface area contributed by atoms with E-state index in [2.05, 4.69) is 5.16 Å². The van der Waals surface area contributed by atoms with Crippen molar-refractivity contribution in [1.82, 2.24) is 14.8 Å². The lowest BCUT2D eigenvalue weighted by Crippen LogP contribution is -2.56. The van der Waals surface area contributed by atoms with Gasteiger partial charge in [-0.05, 0) is 19.4 Å². The number of alkyl halides is 2. The van der Waals surface area contributed by atoms with Gasteiger partial charge >= 0.3 is 6.03 Å². The van der Waals surface area contributed by atoms with Crippen molar-refractivity contribution in [3.63, 3.8) is 0 Å². The van der Waals surface area contributed by atoms with E-state index in [9.17, 15) is 26.4 Å². The quantitative estimate of drug-likeness (QED) is 0.506. The average molecular weight is 530 g/mol. The number of nitrogens with zero attached hydrogens (tertiary/aromatic N) is 3. The lowest BCUT2D eigenvalue weighted by Gasteiger charge is -2.37. The summed E-state index contributed by atoms with van der Waals surface area (Å²) in [4.78, 5) is 15.2. The number of fused-ring (bicyclic) bond motifs is 2. The number of rotatable bonds is 5. The van der Waals surface area contributed by atoms with E-state index in [1.807, 2.05) is 4.72 Å². The zero-order chi connectivity index (χ0) is 26.0. The summed E-state index contributed by atoms with van der Waals surface area (Å²) in [6.45, 7) is 0.471. The monoisotopic (exact) mass is 530 g/mol. The highest BCUT2D eigenvalue weighted by Gasteiger charge is 2.60. The van der Waals surface area contributed by atoms with Gasteiger partial charge in [0.25, 0.3) is 5.92 Å². The van der Waals surface area contributed by atoms with Crippen LogP contribution in [0.3, 0.4) is 0 Å². The lowest BCUT2D eigenvalue weighted by atomic mass is 9.99. The molecule has 0 spiro atoms. The highest BCUT2D eigenvalue weighted by Crippen LogP contribution is 2.43. The fourth-order valence-electron chi connectivity index (χ4n) is 4.73. The smallest absolute Gasteiger partial charge is 0.326 e. The Hall–Kier alpha value is -3.26. The maximum absolute atomic E-state index is 15.0. The third-order valence-electron chi connectivity index (χ3n) is 6.48. The Morgan fingerprint density at radius 1 is 1.19 bits per heavy atom. The van der Waals surface area contributed by atoms with Crippen LogP contribution in [0.15, 0.2) is 34.9 Å². The fourth-order valence-corrected chi connectivity index (χ4v) is 5.56. The Labute approximate surface area is 201 Å². The number of hydrogen-bond donors (Lipinski definition) is 1. The maximum atomic E-state index is 15.0. The first-order chi connectivity index (χ1) is 16.9. The highest BCUT2D eigenvalue weighted by atomic mass is 32.2. The minimum absolute atomic E-state index is 0.0305. The van der Waals surface area contributed by atoms with Crippen LogP contribution in [-0.4, -0.2) is 61.4 Å². The molecule has 3 aromatic rings. The normalized spacial score (nSPS) is 21.9. The van der Waals surface area contributed by atoms with E-state index in [1.54, 1.807) is 0 Å². The van der Waals surface area contributed by atoms with E-state index in [0.29, 0.717) is 12.1 Å². The molecule has 2 saturated heterocycles. The Morgan fingerprint density at radius 3 is 2.56 bits per heavy atom. The van der Waals surface area contributed by atoms with Crippen LogP contribution >= 0.6 is 0 Å². The molecule has 5 rings (SSSR count). The molecule has 1 aromatic heterocycles. The van der Waals surface area contributed by atoms with Crippen molar-refractivity contribution in [2.45, 2.75) is 31.4 Å². The van der Waals surface area contributed by atoms with Crippen molar-refractivity contribution in [1.29, 1.82) is 0 Å². The average Bonchev–Trinajstić information content (AvgIpc) is 3.33. The van der Waals surface area contributed by atoms with Gasteiger partial charge in [0.15, 0.2) is 11.4 Å². The fraction of sp³-hybridized carbons (Fsp3) is 0.364. The molecule has 3 heterocycles. The van der Waals surface area contributed by atoms with Gasteiger partial charge < -0.3 is 9.42 Å². The van der Waals surface area contributed by atoms with E-state index in [-0.39, 0.29) is 35.3 Å². The standard InChI is InChI=1S/C22H19F5N4O4S/c1-2-36(33,34)29-16-10-31-17(22(16,26)27)6-7-30(21(31)32)20-19-12(4-3-5-15(19)35-28-20)18-13(24)8-11(23)9-14(18)25/h3-5,8-9,16-17,29H,2,6-7,10H2,1H3/t16-,17-/m1/s1. The van der Waals surface area contributed by atoms with Gasteiger partial charge in [0.05, 0.1) is 16.7 Å². The molecule has 8 nitrogen and oxygen atoms in total. The van der Waals surface area contributed by atoms with E-state index < -0.39 is 69.4 Å². The van der Waals surface area contributed by atoms with Crippen molar-refractivity contribution < 1.29 is 39.7 Å². The number of hydrogen-bond acceptors (Lipinski definition) is 5. The Balaban J connectivity index is 1.55. The summed E-state index contributed by atoms with van der Waals surface area (Å²) < 4.78 is 104. The van der Waals surface area contributed by atoms with Gasteiger partial charge in [-0.1, -0.05) is 17.3 Å². The lowest BCUT2D eigenvalue weighted by molar-refractivity contribution is -0.0448. The van der Waals surface area contributed by atoms with Gasteiger partial charge in [0.1, 0.15) is 29.5 Å². The van der Waals surface area contributed by atoms with Crippen molar-refractivity contribution >= 4 is 32.8 Å². The molecule has 192 valence electrons. The summed E-state index contributed by atoms with van der Waals surface area (Å²) in [6.07, 6.45) is -0.237. The number of halogens is 5. The number of carbonyl (C=O) groups is 1. The van der Waals surface area contributed by atoms with E-state index in [4.69, 9.17) is 4.52 Å². The molecule has 0 bridgehead atoms. The molecule has 2 aliphatic heterocycles. The van der Waals surface area contributed by atoms with E-state index >= 15 is 8.78 Å². The molecule has 0 radical (unpaired) electrons. The van der Waals surface area contributed by atoms with Gasteiger partial charge in [-0.25, -0.2) is 39.9 Å². The third-order valence-corrected chi connectivity index (χ3v) is 7.88. The SMILES string of the molecule is CCS(=O)(=O)N[C@@H]1CN2C(=O)N(c3noc4cccc(-c5c(F)cc(F)cc5F)c34)CC[C@@H]2C1(F)F. The largest absolute Gasteiger partial charge is 0.354 e. The minimum Gasteiger partial charge on any atom is -0.354 e.